The van der Waals surface area contributed by atoms with Gasteiger partial charge in [-0.3, -0.25) is 4.90 Å². The maximum atomic E-state index is 12.7. The van der Waals surface area contributed by atoms with Crippen LogP contribution in [0.2, 0.25) is 0 Å². The molecular weight excluding hydrogens is 217 g/mol. The molecule has 4 heteroatoms. The van der Waals surface area contributed by atoms with Crippen LogP contribution in [-0.2, 0) is 6.54 Å². The van der Waals surface area contributed by atoms with Crippen molar-refractivity contribution in [2.45, 2.75) is 12.6 Å². The number of likely N-dealkylation sites (N-methyl/N-ethyl adjacent to an activating group) is 1. The van der Waals surface area contributed by atoms with Crippen LogP contribution < -0.4 is 10.6 Å². The molecule has 0 radical (unpaired) electrons. The maximum absolute atomic E-state index is 12.7. The molecule has 0 bridgehead atoms. The molecule has 1 aromatic rings. The number of piperazine rings is 1. The molecule has 1 aliphatic rings. The summed E-state index contributed by atoms with van der Waals surface area (Å²) < 4.78 is 12.7. The Kier molecular flexibility index (Phi) is 4.48. The molecule has 1 aliphatic heterocycles. The zero-order chi connectivity index (χ0) is 12.1. The quantitative estimate of drug-likeness (QED) is 0.812. The van der Waals surface area contributed by atoms with E-state index in [4.69, 9.17) is 0 Å². The number of nitrogens with zero attached hydrogens (tertiary/aromatic N) is 1. The summed E-state index contributed by atoms with van der Waals surface area (Å²) in [7, 11) is 2.16. The fourth-order valence-corrected chi connectivity index (χ4v) is 2.08. The smallest absolute Gasteiger partial charge is 0.123 e. The summed E-state index contributed by atoms with van der Waals surface area (Å²) in [5.41, 5.74) is 1.12. The number of halogens is 1. The predicted molar refractivity (Wildman–Crippen MR) is 67.4 cm³/mol. The van der Waals surface area contributed by atoms with Gasteiger partial charge in [-0.25, -0.2) is 4.39 Å². The van der Waals surface area contributed by atoms with Crippen LogP contribution in [0.3, 0.4) is 0 Å². The molecule has 1 atom stereocenters. The van der Waals surface area contributed by atoms with Gasteiger partial charge in [-0.15, -0.1) is 0 Å². The molecule has 0 aromatic heterocycles. The van der Waals surface area contributed by atoms with Crippen LogP contribution >= 0.6 is 0 Å². The van der Waals surface area contributed by atoms with E-state index in [0.717, 1.165) is 38.3 Å². The minimum absolute atomic E-state index is 0.176. The number of hydrogen-bond donors (Lipinski definition) is 2. The Hall–Kier alpha value is -0.970. The Morgan fingerprint density at radius 1 is 1.41 bits per heavy atom. The molecule has 1 aromatic carbocycles. The third kappa shape index (κ3) is 3.77. The Morgan fingerprint density at radius 3 is 2.88 bits per heavy atom. The zero-order valence-electron chi connectivity index (χ0n) is 10.2. The molecule has 0 spiro atoms. The molecule has 1 heterocycles. The Morgan fingerprint density at radius 2 is 2.18 bits per heavy atom. The van der Waals surface area contributed by atoms with Gasteiger partial charge in [0.25, 0.3) is 0 Å². The van der Waals surface area contributed by atoms with E-state index in [1.165, 1.54) is 12.1 Å². The summed E-state index contributed by atoms with van der Waals surface area (Å²) in [6.07, 6.45) is 0. The first kappa shape index (κ1) is 12.5. The molecule has 0 saturated carbocycles. The first-order valence-electron chi connectivity index (χ1n) is 6.12. The largest absolute Gasteiger partial charge is 0.314 e. The van der Waals surface area contributed by atoms with Crippen LogP contribution in [-0.4, -0.2) is 44.2 Å². The number of rotatable bonds is 4. The molecule has 3 nitrogen and oxygen atoms in total. The first-order valence-corrected chi connectivity index (χ1v) is 6.12. The Balaban J connectivity index is 1.73. The summed E-state index contributed by atoms with van der Waals surface area (Å²) in [5.74, 6) is -0.176. The Bertz CT molecular complexity index is 339. The van der Waals surface area contributed by atoms with Crippen molar-refractivity contribution < 1.29 is 4.39 Å². The minimum atomic E-state index is -0.176. The third-order valence-corrected chi connectivity index (χ3v) is 3.27. The number of hydrogen-bond acceptors (Lipinski definition) is 3. The van der Waals surface area contributed by atoms with Gasteiger partial charge >= 0.3 is 0 Å². The van der Waals surface area contributed by atoms with Gasteiger partial charge in [-0.1, -0.05) is 12.1 Å². The maximum Gasteiger partial charge on any atom is 0.123 e. The van der Waals surface area contributed by atoms with Crippen LogP contribution in [0.15, 0.2) is 24.3 Å². The van der Waals surface area contributed by atoms with Crippen LogP contribution in [0.25, 0.3) is 0 Å². The van der Waals surface area contributed by atoms with Crippen molar-refractivity contribution in [1.29, 1.82) is 0 Å². The average molecular weight is 237 g/mol. The van der Waals surface area contributed by atoms with Crippen LogP contribution in [0.5, 0.6) is 0 Å². The van der Waals surface area contributed by atoms with Crippen molar-refractivity contribution in [2.75, 3.05) is 33.2 Å². The summed E-state index contributed by atoms with van der Waals surface area (Å²) >= 11 is 0. The Labute approximate surface area is 102 Å². The summed E-state index contributed by atoms with van der Waals surface area (Å²) in [6.45, 7) is 4.96. The molecular formula is C13H20FN3. The number of benzene rings is 1. The van der Waals surface area contributed by atoms with Crippen LogP contribution in [0.4, 0.5) is 4.39 Å². The van der Waals surface area contributed by atoms with Crippen molar-refractivity contribution >= 4 is 0 Å². The highest BCUT2D eigenvalue weighted by Gasteiger charge is 2.17. The second-order valence-corrected chi connectivity index (χ2v) is 4.60. The van der Waals surface area contributed by atoms with Gasteiger partial charge in [0, 0.05) is 38.8 Å². The standard InChI is InChI=1S/C13H20FN3/c1-17-7-6-15-9-13(17)10-16-8-11-2-4-12(14)5-3-11/h2-5,13,15-16H,6-10H2,1H3. The van der Waals surface area contributed by atoms with E-state index in [9.17, 15) is 4.39 Å². The highest BCUT2D eigenvalue weighted by molar-refractivity contribution is 5.15. The molecule has 17 heavy (non-hydrogen) atoms. The molecule has 0 amide bonds. The normalized spacial score (nSPS) is 21.6. The first-order chi connectivity index (χ1) is 8.25. The fraction of sp³-hybridized carbons (Fsp3) is 0.538. The van der Waals surface area contributed by atoms with Gasteiger partial charge < -0.3 is 10.6 Å². The van der Waals surface area contributed by atoms with Crippen LogP contribution in [0.1, 0.15) is 5.56 Å². The van der Waals surface area contributed by atoms with Gasteiger partial charge in [-0.2, -0.15) is 0 Å². The second-order valence-electron chi connectivity index (χ2n) is 4.60. The third-order valence-electron chi connectivity index (χ3n) is 3.27. The summed E-state index contributed by atoms with van der Waals surface area (Å²) in [4.78, 5) is 2.37. The van der Waals surface area contributed by atoms with Gasteiger partial charge in [0.1, 0.15) is 5.82 Å². The average Bonchev–Trinajstić information content (AvgIpc) is 2.34. The SMILES string of the molecule is CN1CCNCC1CNCc1ccc(F)cc1. The highest BCUT2D eigenvalue weighted by Crippen LogP contribution is 2.03. The molecule has 2 N–H and O–H groups in total. The summed E-state index contributed by atoms with van der Waals surface area (Å²) in [5, 5.41) is 6.81. The van der Waals surface area contributed by atoms with E-state index in [1.54, 1.807) is 0 Å². The van der Waals surface area contributed by atoms with Crippen molar-refractivity contribution in [3.8, 4) is 0 Å². The van der Waals surface area contributed by atoms with Gasteiger partial charge in [0.05, 0.1) is 0 Å². The van der Waals surface area contributed by atoms with E-state index < -0.39 is 0 Å². The lowest BCUT2D eigenvalue weighted by molar-refractivity contribution is 0.195. The monoisotopic (exact) mass is 237 g/mol. The molecule has 1 unspecified atom stereocenters. The molecule has 1 saturated heterocycles. The lowest BCUT2D eigenvalue weighted by Gasteiger charge is -2.33. The van der Waals surface area contributed by atoms with Gasteiger partial charge in [-0.05, 0) is 24.7 Å². The van der Waals surface area contributed by atoms with Crippen molar-refractivity contribution in [2.24, 2.45) is 0 Å². The molecule has 2 rings (SSSR count). The van der Waals surface area contributed by atoms with E-state index in [1.807, 2.05) is 12.1 Å². The second kappa shape index (κ2) is 6.10. The molecule has 0 aliphatic carbocycles. The summed E-state index contributed by atoms with van der Waals surface area (Å²) in [6, 6.07) is 7.21. The van der Waals surface area contributed by atoms with Crippen molar-refractivity contribution in [3.63, 3.8) is 0 Å². The highest BCUT2D eigenvalue weighted by atomic mass is 19.1. The van der Waals surface area contributed by atoms with E-state index in [0.29, 0.717) is 6.04 Å². The van der Waals surface area contributed by atoms with E-state index >= 15 is 0 Å². The van der Waals surface area contributed by atoms with E-state index in [2.05, 4.69) is 22.6 Å². The molecule has 1 fully saturated rings. The zero-order valence-corrected chi connectivity index (χ0v) is 10.2. The van der Waals surface area contributed by atoms with Crippen molar-refractivity contribution in [1.82, 2.24) is 15.5 Å². The van der Waals surface area contributed by atoms with Gasteiger partial charge in [0.15, 0.2) is 0 Å². The lowest BCUT2D eigenvalue weighted by Crippen LogP contribution is -2.53. The topological polar surface area (TPSA) is 27.3 Å². The minimum Gasteiger partial charge on any atom is -0.314 e. The van der Waals surface area contributed by atoms with Gasteiger partial charge in [0.2, 0.25) is 0 Å². The van der Waals surface area contributed by atoms with E-state index in [-0.39, 0.29) is 5.82 Å². The lowest BCUT2D eigenvalue weighted by atomic mass is 10.2. The fourth-order valence-electron chi connectivity index (χ4n) is 2.08. The molecule has 94 valence electrons. The number of nitrogens with one attached hydrogen (secondary N) is 2. The predicted octanol–water partition coefficient (Wildman–Crippen LogP) is 0.819. The van der Waals surface area contributed by atoms with Crippen LogP contribution in [0, 0.1) is 5.82 Å². The van der Waals surface area contributed by atoms with Crippen molar-refractivity contribution in [3.05, 3.63) is 35.6 Å².